The summed E-state index contributed by atoms with van der Waals surface area (Å²) in [6, 6.07) is 7.55. The van der Waals surface area contributed by atoms with Crippen LogP contribution in [0.3, 0.4) is 0 Å². The topological polar surface area (TPSA) is 12.4 Å². The molecule has 0 aliphatic carbocycles. The molecule has 0 spiro atoms. The number of nitrogens with zero attached hydrogens (tertiary/aromatic N) is 1. The van der Waals surface area contributed by atoms with E-state index in [0.717, 1.165) is 0 Å². The molecule has 13 heavy (non-hydrogen) atoms. The highest BCUT2D eigenvalue weighted by Gasteiger charge is 2.33. The largest absolute Gasteiger partial charge is 0.391 e. The SMILES string of the molecule is FC(=Nc1ccccc1)C(F)(F)Cl. The van der Waals surface area contributed by atoms with Crippen molar-refractivity contribution >= 4 is 23.3 Å². The molecule has 1 aromatic carbocycles. The molecule has 0 radical (unpaired) electrons. The number of hydrogen-bond donors (Lipinski definition) is 0. The van der Waals surface area contributed by atoms with Gasteiger partial charge in [0.1, 0.15) is 0 Å². The lowest BCUT2D eigenvalue weighted by Crippen LogP contribution is -2.15. The van der Waals surface area contributed by atoms with Gasteiger partial charge in [0.2, 0.25) is 0 Å². The molecule has 0 N–H and O–H groups in total. The van der Waals surface area contributed by atoms with Crippen molar-refractivity contribution in [2.45, 2.75) is 5.38 Å². The van der Waals surface area contributed by atoms with Crippen LogP contribution in [-0.4, -0.2) is 11.3 Å². The summed E-state index contributed by atoms with van der Waals surface area (Å²) in [5.74, 6) is -1.90. The third-order valence-corrected chi connectivity index (χ3v) is 1.37. The molecule has 1 rings (SSSR count). The Bertz CT molecular complexity index is 305. The molecular formula is C8H5ClF3N. The van der Waals surface area contributed by atoms with E-state index < -0.39 is 11.3 Å². The Morgan fingerprint density at radius 2 is 1.77 bits per heavy atom. The molecule has 0 bridgehead atoms. The second kappa shape index (κ2) is 3.79. The molecule has 0 saturated carbocycles. The van der Waals surface area contributed by atoms with Crippen LogP contribution in [0.4, 0.5) is 18.9 Å². The molecule has 5 heteroatoms. The third kappa shape index (κ3) is 3.06. The molecule has 0 aliphatic rings. The third-order valence-electron chi connectivity index (χ3n) is 1.22. The maximum atomic E-state index is 12.5. The normalized spacial score (nSPS) is 13.1. The molecule has 0 amide bonds. The smallest absolute Gasteiger partial charge is 0.218 e. The zero-order chi connectivity index (χ0) is 9.90. The van der Waals surface area contributed by atoms with Gasteiger partial charge < -0.3 is 0 Å². The monoisotopic (exact) mass is 207 g/mol. The summed E-state index contributed by atoms with van der Waals surface area (Å²) in [6.45, 7) is 0. The van der Waals surface area contributed by atoms with E-state index >= 15 is 0 Å². The lowest BCUT2D eigenvalue weighted by atomic mass is 10.3. The highest BCUT2D eigenvalue weighted by atomic mass is 35.5. The molecule has 1 nitrogen and oxygen atoms in total. The Morgan fingerprint density at radius 1 is 1.23 bits per heavy atom. The van der Waals surface area contributed by atoms with Crippen molar-refractivity contribution in [3.05, 3.63) is 30.3 Å². The number of halogens is 4. The van der Waals surface area contributed by atoms with E-state index in [1.165, 1.54) is 12.1 Å². The van der Waals surface area contributed by atoms with E-state index in [0.29, 0.717) is 0 Å². The number of rotatable bonds is 2. The van der Waals surface area contributed by atoms with Crippen molar-refractivity contribution in [1.82, 2.24) is 0 Å². The number of aliphatic imine (C=N–C) groups is 1. The zero-order valence-corrected chi connectivity index (χ0v) is 7.10. The van der Waals surface area contributed by atoms with Crippen LogP contribution in [0.1, 0.15) is 0 Å². The minimum atomic E-state index is -4.03. The van der Waals surface area contributed by atoms with Crippen molar-refractivity contribution in [2.75, 3.05) is 0 Å². The van der Waals surface area contributed by atoms with Crippen LogP contribution < -0.4 is 0 Å². The van der Waals surface area contributed by atoms with Crippen LogP contribution in [0, 0.1) is 0 Å². The lowest BCUT2D eigenvalue weighted by Gasteiger charge is -2.02. The van der Waals surface area contributed by atoms with Crippen LogP contribution in [-0.2, 0) is 0 Å². The summed E-state index contributed by atoms with van der Waals surface area (Å²) in [7, 11) is 0. The lowest BCUT2D eigenvalue weighted by molar-refractivity contribution is 0.162. The van der Waals surface area contributed by atoms with Crippen LogP contribution in [0.2, 0.25) is 0 Å². The van der Waals surface area contributed by atoms with Crippen molar-refractivity contribution in [2.24, 2.45) is 4.99 Å². The second-order valence-electron chi connectivity index (χ2n) is 2.24. The fourth-order valence-electron chi connectivity index (χ4n) is 0.679. The van der Waals surface area contributed by atoms with Crippen LogP contribution in [0.5, 0.6) is 0 Å². The van der Waals surface area contributed by atoms with E-state index in [1.807, 2.05) is 0 Å². The van der Waals surface area contributed by atoms with Gasteiger partial charge in [-0.2, -0.15) is 13.2 Å². The molecule has 0 atom stereocenters. The van der Waals surface area contributed by atoms with Crippen LogP contribution in [0.15, 0.2) is 35.3 Å². The molecule has 0 aliphatic heterocycles. The molecule has 1 aromatic rings. The standard InChI is InChI=1S/C8H5ClF3N/c9-8(11,12)7(10)13-6-4-2-1-3-5-6/h1-5H. The average Bonchev–Trinajstić information content (AvgIpc) is 2.04. The minimum Gasteiger partial charge on any atom is -0.218 e. The first-order valence-electron chi connectivity index (χ1n) is 3.36. The number of alkyl halides is 3. The summed E-state index contributed by atoms with van der Waals surface area (Å²) in [4.78, 5) is 3.00. The molecular weight excluding hydrogens is 203 g/mol. The van der Waals surface area contributed by atoms with Gasteiger partial charge in [0.15, 0.2) is 0 Å². The summed E-state index contributed by atoms with van der Waals surface area (Å²) >= 11 is 4.39. The highest BCUT2D eigenvalue weighted by molar-refractivity contribution is 6.32. The van der Waals surface area contributed by atoms with Gasteiger partial charge >= 0.3 is 5.38 Å². The fourth-order valence-corrected chi connectivity index (χ4v) is 0.722. The first-order valence-corrected chi connectivity index (χ1v) is 3.74. The van der Waals surface area contributed by atoms with Gasteiger partial charge in [-0.3, -0.25) is 0 Å². The predicted octanol–water partition coefficient (Wildman–Crippen LogP) is 3.52. The van der Waals surface area contributed by atoms with Gasteiger partial charge in [-0.15, -0.1) is 0 Å². The van der Waals surface area contributed by atoms with Crippen LogP contribution in [0.25, 0.3) is 0 Å². The van der Waals surface area contributed by atoms with Gasteiger partial charge in [-0.25, -0.2) is 4.99 Å². The Kier molecular flexibility index (Phi) is 2.93. The van der Waals surface area contributed by atoms with Gasteiger partial charge in [-0.1, -0.05) is 18.2 Å². The quantitative estimate of drug-likeness (QED) is 0.520. The van der Waals surface area contributed by atoms with Crippen molar-refractivity contribution < 1.29 is 13.2 Å². The summed E-state index contributed by atoms with van der Waals surface area (Å²) in [5.41, 5.74) is 0.0975. The molecule has 0 aromatic heterocycles. The molecule has 0 heterocycles. The minimum absolute atomic E-state index is 0.0975. The Morgan fingerprint density at radius 3 is 2.23 bits per heavy atom. The van der Waals surface area contributed by atoms with Crippen molar-refractivity contribution in [3.63, 3.8) is 0 Å². The molecule has 0 saturated heterocycles. The van der Waals surface area contributed by atoms with Gasteiger partial charge in [0, 0.05) is 0 Å². The average molecular weight is 208 g/mol. The maximum absolute atomic E-state index is 12.5. The number of hydrogen-bond acceptors (Lipinski definition) is 1. The Labute approximate surface area is 77.9 Å². The summed E-state index contributed by atoms with van der Waals surface area (Å²) in [6.07, 6.45) is 0. The van der Waals surface area contributed by atoms with E-state index in [2.05, 4.69) is 16.6 Å². The van der Waals surface area contributed by atoms with Crippen molar-refractivity contribution in [3.8, 4) is 0 Å². The van der Waals surface area contributed by atoms with Gasteiger partial charge in [-0.05, 0) is 23.7 Å². The first kappa shape index (κ1) is 10.1. The van der Waals surface area contributed by atoms with E-state index in [-0.39, 0.29) is 5.69 Å². The second-order valence-corrected chi connectivity index (χ2v) is 2.71. The van der Waals surface area contributed by atoms with E-state index in [9.17, 15) is 13.2 Å². The van der Waals surface area contributed by atoms with E-state index in [1.54, 1.807) is 18.2 Å². The summed E-state index contributed by atoms with van der Waals surface area (Å²) < 4.78 is 36.6. The fraction of sp³-hybridized carbons (Fsp3) is 0.125. The molecule has 0 fully saturated rings. The van der Waals surface area contributed by atoms with E-state index in [4.69, 9.17) is 0 Å². The van der Waals surface area contributed by atoms with Gasteiger partial charge in [0.05, 0.1) is 5.69 Å². The molecule has 0 unspecified atom stereocenters. The maximum Gasteiger partial charge on any atom is 0.391 e. The summed E-state index contributed by atoms with van der Waals surface area (Å²) in [5, 5.41) is -4.03. The number of benzene rings is 1. The Hall–Kier alpha value is -1.03. The zero-order valence-electron chi connectivity index (χ0n) is 6.35. The van der Waals surface area contributed by atoms with Crippen LogP contribution >= 0.6 is 11.6 Å². The van der Waals surface area contributed by atoms with Gasteiger partial charge in [0.25, 0.3) is 5.97 Å². The van der Waals surface area contributed by atoms with Crippen molar-refractivity contribution in [1.29, 1.82) is 0 Å². The highest BCUT2D eigenvalue weighted by Crippen LogP contribution is 2.24. The molecule has 70 valence electrons. The first-order chi connectivity index (χ1) is 6.00. The predicted molar refractivity (Wildman–Crippen MR) is 45.4 cm³/mol. The number of para-hydroxylation sites is 1. The Balaban J connectivity index is 2.90.